The highest BCUT2D eigenvalue weighted by Crippen LogP contribution is 2.17. The number of benzene rings is 1. The van der Waals surface area contributed by atoms with Crippen LogP contribution in [0.1, 0.15) is 28.1 Å². The molecular weight excluding hydrogens is 328 g/mol. The molecule has 6 heteroatoms. The molecule has 0 amide bonds. The number of aliphatic imine (C=N–C) groups is 1. The van der Waals surface area contributed by atoms with Crippen LogP contribution in [0.3, 0.4) is 0 Å². The number of aromatic nitrogens is 1. The largest absolute Gasteiger partial charge is 0.356 e. The topological polar surface area (TPSA) is 49.3 Å². The molecule has 2 N–H and O–H groups in total. The van der Waals surface area contributed by atoms with Gasteiger partial charge in [-0.2, -0.15) is 0 Å². The fourth-order valence-corrected chi connectivity index (χ4v) is 3.50. The fourth-order valence-electron chi connectivity index (χ4n) is 2.26. The summed E-state index contributed by atoms with van der Waals surface area (Å²) >= 11 is 7.78. The van der Waals surface area contributed by atoms with Crippen LogP contribution in [0.2, 0.25) is 5.02 Å². The molecule has 0 spiro atoms. The number of halogens is 1. The fraction of sp³-hybridized carbons (Fsp3) is 0.412. The van der Waals surface area contributed by atoms with E-state index in [4.69, 9.17) is 11.6 Å². The molecule has 4 nitrogen and oxygen atoms in total. The monoisotopic (exact) mass is 350 g/mol. The molecule has 0 radical (unpaired) electrons. The molecule has 0 saturated heterocycles. The van der Waals surface area contributed by atoms with Crippen molar-refractivity contribution in [3.05, 3.63) is 50.4 Å². The zero-order valence-electron chi connectivity index (χ0n) is 13.8. The normalized spacial score (nSPS) is 11.6. The van der Waals surface area contributed by atoms with Gasteiger partial charge in [-0.25, -0.2) is 4.98 Å². The van der Waals surface area contributed by atoms with Gasteiger partial charge in [0.1, 0.15) is 0 Å². The highest BCUT2D eigenvalue weighted by atomic mass is 35.5. The molecular formula is C17H23ClN4S. The molecule has 0 saturated carbocycles. The van der Waals surface area contributed by atoms with E-state index >= 15 is 0 Å². The molecule has 1 heterocycles. The lowest BCUT2D eigenvalue weighted by Gasteiger charge is -2.11. The van der Waals surface area contributed by atoms with Crippen molar-refractivity contribution in [2.45, 2.75) is 33.2 Å². The van der Waals surface area contributed by atoms with Gasteiger partial charge in [-0.3, -0.25) is 4.99 Å². The van der Waals surface area contributed by atoms with E-state index in [-0.39, 0.29) is 0 Å². The lowest BCUT2D eigenvalue weighted by Crippen LogP contribution is -2.37. The predicted octanol–water partition coefficient (Wildman–Crippen LogP) is 3.58. The van der Waals surface area contributed by atoms with Gasteiger partial charge in [0.15, 0.2) is 5.96 Å². The number of nitrogens with one attached hydrogen (secondary N) is 2. The molecule has 2 aromatic rings. The summed E-state index contributed by atoms with van der Waals surface area (Å²) in [5, 5.41) is 8.54. The van der Waals surface area contributed by atoms with Gasteiger partial charge in [-0.15, -0.1) is 11.3 Å². The minimum atomic E-state index is 0.691. The first-order valence-electron chi connectivity index (χ1n) is 7.76. The van der Waals surface area contributed by atoms with Crippen LogP contribution in [0.15, 0.2) is 29.3 Å². The van der Waals surface area contributed by atoms with E-state index in [9.17, 15) is 0 Å². The molecule has 2 rings (SSSR count). The number of thiazole rings is 1. The third-order valence-electron chi connectivity index (χ3n) is 3.48. The Morgan fingerprint density at radius 3 is 2.83 bits per heavy atom. The lowest BCUT2D eigenvalue weighted by molar-refractivity contribution is 0.789. The highest BCUT2D eigenvalue weighted by molar-refractivity contribution is 7.11. The molecule has 0 atom stereocenters. The number of hydrogen-bond acceptors (Lipinski definition) is 3. The van der Waals surface area contributed by atoms with Crippen LogP contribution in [0, 0.1) is 6.92 Å². The van der Waals surface area contributed by atoms with Crippen molar-refractivity contribution >= 4 is 28.9 Å². The van der Waals surface area contributed by atoms with Crippen LogP contribution in [0.4, 0.5) is 0 Å². The van der Waals surface area contributed by atoms with Gasteiger partial charge < -0.3 is 10.6 Å². The molecule has 124 valence electrons. The lowest BCUT2D eigenvalue weighted by atomic mass is 10.2. The Balaban J connectivity index is 1.78. The Bertz CT molecular complexity index is 666. The van der Waals surface area contributed by atoms with E-state index in [0.717, 1.165) is 35.9 Å². The van der Waals surface area contributed by atoms with Crippen molar-refractivity contribution in [1.29, 1.82) is 0 Å². The standard InChI is InChI=1S/C17H23ClN4S/c1-4-15-12(2)23-16(22-15)8-9-20-17(19-3)21-11-13-6-5-7-14(18)10-13/h5-7,10H,4,8-9,11H2,1-3H3,(H2,19,20,21). The van der Waals surface area contributed by atoms with Crippen molar-refractivity contribution in [1.82, 2.24) is 15.6 Å². The number of hydrogen-bond donors (Lipinski definition) is 2. The SMILES string of the molecule is CCc1nc(CCNC(=NC)NCc2cccc(Cl)c2)sc1C. The van der Waals surface area contributed by atoms with E-state index in [0.29, 0.717) is 6.54 Å². The summed E-state index contributed by atoms with van der Waals surface area (Å²) in [7, 11) is 1.77. The van der Waals surface area contributed by atoms with Gasteiger partial charge in [0.2, 0.25) is 0 Å². The second-order valence-electron chi connectivity index (χ2n) is 5.20. The number of aryl methyl sites for hydroxylation is 2. The van der Waals surface area contributed by atoms with E-state index in [1.165, 1.54) is 15.6 Å². The zero-order valence-corrected chi connectivity index (χ0v) is 15.4. The Morgan fingerprint density at radius 1 is 1.35 bits per heavy atom. The Morgan fingerprint density at radius 2 is 2.17 bits per heavy atom. The Kier molecular flexibility index (Phi) is 6.86. The second-order valence-corrected chi connectivity index (χ2v) is 6.92. The molecule has 1 aromatic carbocycles. The van der Waals surface area contributed by atoms with E-state index < -0.39 is 0 Å². The van der Waals surface area contributed by atoms with Crippen LogP contribution in [0.5, 0.6) is 0 Å². The van der Waals surface area contributed by atoms with Crippen molar-refractivity contribution in [2.75, 3.05) is 13.6 Å². The zero-order chi connectivity index (χ0) is 16.7. The first-order chi connectivity index (χ1) is 11.1. The van der Waals surface area contributed by atoms with E-state index in [1.807, 2.05) is 24.3 Å². The van der Waals surface area contributed by atoms with Crippen molar-refractivity contribution in [3.63, 3.8) is 0 Å². The second kappa shape index (κ2) is 8.89. The summed E-state index contributed by atoms with van der Waals surface area (Å²) in [5.41, 5.74) is 2.34. The Labute approximate surface area is 147 Å². The molecule has 0 bridgehead atoms. The van der Waals surface area contributed by atoms with Crippen molar-refractivity contribution < 1.29 is 0 Å². The summed E-state index contributed by atoms with van der Waals surface area (Å²) in [5.74, 6) is 0.786. The summed E-state index contributed by atoms with van der Waals surface area (Å²) in [4.78, 5) is 10.2. The van der Waals surface area contributed by atoms with Gasteiger partial charge in [0.05, 0.1) is 10.7 Å². The van der Waals surface area contributed by atoms with Crippen LogP contribution in [0.25, 0.3) is 0 Å². The molecule has 0 aliphatic heterocycles. The number of guanidine groups is 1. The molecule has 0 aliphatic carbocycles. The van der Waals surface area contributed by atoms with Crippen LogP contribution in [-0.4, -0.2) is 24.5 Å². The van der Waals surface area contributed by atoms with Gasteiger partial charge in [-0.1, -0.05) is 30.7 Å². The molecule has 0 unspecified atom stereocenters. The first kappa shape index (κ1) is 17.8. The minimum Gasteiger partial charge on any atom is -0.356 e. The Hall–Kier alpha value is -1.59. The highest BCUT2D eigenvalue weighted by Gasteiger charge is 2.06. The van der Waals surface area contributed by atoms with Crippen molar-refractivity contribution in [2.24, 2.45) is 4.99 Å². The smallest absolute Gasteiger partial charge is 0.191 e. The maximum Gasteiger partial charge on any atom is 0.191 e. The van der Waals surface area contributed by atoms with Gasteiger partial charge in [0, 0.05) is 36.5 Å². The molecule has 0 fully saturated rings. The number of nitrogens with zero attached hydrogens (tertiary/aromatic N) is 2. The third kappa shape index (κ3) is 5.52. The van der Waals surface area contributed by atoms with Gasteiger partial charge in [-0.05, 0) is 31.0 Å². The van der Waals surface area contributed by atoms with Gasteiger partial charge >= 0.3 is 0 Å². The summed E-state index contributed by atoms with van der Waals surface area (Å²) in [6.45, 7) is 5.78. The van der Waals surface area contributed by atoms with Crippen molar-refractivity contribution in [3.8, 4) is 0 Å². The maximum absolute atomic E-state index is 5.99. The van der Waals surface area contributed by atoms with E-state index in [2.05, 4.69) is 34.5 Å². The predicted molar refractivity (Wildman–Crippen MR) is 99.6 cm³/mol. The minimum absolute atomic E-state index is 0.691. The third-order valence-corrected chi connectivity index (χ3v) is 4.78. The van der Waals surface area contributed by atoms with E-state index in [1.54, 1.807) is 18.4 Å². The van der Waals surface area contributed by atoms with Crippen LogP contribution >= 0.6 is 22.9 Å². The summed E-state index contributed by atoms with van der Waals surface area (Å²) < 4.78 is 0. The van der Waals surface area contributed by atoms with Crippen LogP contribution in [-0.2, 0) is 19.4 Å². The quantitative estimate of drug-likeness (QED) is 0.618. The first-order valence-corrected chi connectivity index (χ1v) is 8.96. The number of rotatable bonds is 6. The molecule has 0 aliphatic rings. The van der Waals surface area contributed by atoms with Gasteiger partial charge in [0.25, 0.3) is 0 Å². The maximum atomic E-state index is 5.99. The average Bonchev–Trinajstić information content (AvgIpc) is 2.90. The van der Waals surface area contributed by atoms with Crippen LogP contribution < -0.4 is 10.6 Å². The average molecular weight is 351 g/mol. The molecule has 23 heavy (non-hydrogen) atoms. The summed E-state index contributed by atoms with van der Waals surface area (Å²) in [6, 6.07) is 7.81. The summed E-state index contributed by atoms with van der Waals surface area (Å²) in [6.07, 6.45) is 1.90. The molecule has 1 aromatic heterocycles.